The first-order valence-corrected chi connectivity index (χ1v) is 9.30. The Bertz CT molecular complexity index is 1170. The van der Waals surface area contributed by atoms with Crippen molar-refractivity contribution in [3.05, 3.63) is 57.9 Å². The minimum absolute atomic E-state index is 0.0934. The molecule has 0 aliphatic carbocycles. The molecule has 0 unspecified atom stereocenters. The van der Waals surface area contributed by atoms with Crippen molar-refractivity contribution >= 4 is 28.8 Å². The molecule has 0 radical (unpaired) electrons. The summed E-state index contributed by atoms with van der Waals surface area (Å²) in [5.74, 6) is -0.514. The van der Waals surface area contributed by atoms with E-state index in [1.54, 1.807) is 20.9 Å². The molecular weight excluding hydrogens is 401 g/mol. The Morgan fingerprint density at radius 1 is 1.35 bits per heavy atom. The number of hydrogen-bond donors (Lipinski definition) is 2. The van der Waals surface area contributed by atoms with Gasteiger partial charge in [0.2, 0.25) is 17.3 Å². The first-order chi connectivity index (χ1) is 14.5. The average Bonchev–Trinajstić information content (AvgIpc) is 2.96. The number of carbonyl (C=O) groups excluding carboxylic acids is 3. The molecule has 0 saturated carbocycles. The number of ketones is 2. The van der Waals surface area contributed by atoms with Crippen molar-refractivity contribution in [2.24, 2.45) is 12.5 Å². The third-order valence-electron chi connectivity index (χ3n) is 5.20. The Kier molecular flexibility index (Phi) is 6.79. The fourth-order valence-electron chi connectivity index (χ4n) is 3.23. The number of rotatable bonds is 7. The smallest absolute Gasteiger partial charge is 0.272 e. The van der Waals surface area contributed by atoms with E-state index in [1.165, 1.54) is 23.6 Å². The van der Waals surface area contributed by atoms with Gasteiger partial charge in [0, 0.05) is 24.8 Å². The normalized spacial score (nSPS) is 12.4. The summed E-state index contributed by atoms with van der Waals surface area (Å²) in [5.41, 5.74) is -0.234. The average molecular weight is 423 g/mol. The topological polar surface area (TPSA) is 92.8 Å². The lowest BCUT2D eigenvalue weighted by Crippen LogP contribution is -2.27. The van der Waals surface area contributed by atoms with Crippen molar-refractivity contribution < 1.29 is 23.9 Å². The zero-order valence-electron chi connectivity index (χ0n) is 17.7. The van der Waals surface area contributed by atoms with Crippen LogP contribution in [0.3, 0.4) is 0 Å². The van der Waals surface area contributed by atoms with Crippen molar-refractivity contribution in [2.45, 2.75) is 27.2 Å². The Morgan fingerprint density at radius 2 is 2.00 bits per heavy atom. The van der Waals surface area contributed by atoms with E-state index in [2.05, 4.69) is 16.1 Å². The van der Waals surface area contributed by atoms with Gasteiger partial charge in [-0.15, -0.1) is 6.42 Å². The Labute approximate surface area is 179 Å². The molecule has 0 aliphatic heterocycles. The SMILES string of the molecule is [C-]#[N+]c1cc(NC(=O)c2c(C)c(C(=O)C(=O)C[C@](C)(C#C)CO)c(C)n2C)ccc1F. The number of terminal acetylenes is 1. The van der Waals surface area contributed by atoms with Crippen LogP contribution in [0.25, 0.3) is 4.85 Å². The van der Waals surface area contributed by atoms with Crippen LogP contribution in [0.4, 0.5) is 15.8 Å². The molecule has 0 bridgehead atoms. The van der Waals surface area contributed by atoms with Gasteiger partial charge < -0.3 is 15.0 Å². The van der Waals surface area contributed by atoms with Gasteiger partial charge in [0.1, 0.15) is 11.5 Å². The number of amides is 1. The van der Waals surface area contributed by atoms with Crippen LogP contribution >= 0.6 is 0 Å². The zero-order chi connectivity index (χ0) is 23.5. The molecule has 2 rings (SSSR count). The zero-order valence-corrected chi connectivity index (χ0v) is 17.7. The van der Waals surface area contributed by atoms with Crippen LogP contribution in [0.5, 0.6) is 0 Å². The summed E-state index contributed by atoms with van der Waals surface area (Å²) in [5, 5.41) is 12.0. The van der Waals surface area contributed by atoms with E-state index < -0.39 is 35.3 Å². The van der Waals surface area contributed by atoms with Crippen molar-refractivity contribution in [1.29, 1.82) is 0 Å². The number of aliphatic hydroxyl groups is 1. The summed E-state index contributed by atoms with van der Waals surface area (Å²) in [7, 11) is 1.58. The molecule has 1 heterocycles. The fraction of sp³-hybridized carbons (Fsp3) is 0.304. The van der Waals surface area contributed by atoms with Crippen LogP contribution in [0.2, 0.25) is 0 Å². The molecule has 8 heteroatoms. The molecule has 0 saturated heterocycles. The quantitative estimate of drug-likeness (QED) is 0.309. The van der Waals surface area contributed by atoms with Crippen molar-refractivity contribution in [3.63, 3.8) is 0 Å². The molecule has 2 N–H and O–H groups in total. The number of Topliss-reactive ketones (excluding diaryl/α,β-unsaturated/α-hetero) is 2. The summed E-state index contributed by atoms with van der Waals surface area (Å²) in [6, 6.07) is 3.60. The summed E-state index contributed by atoms with van der Waals surface area (Å²) in [6.07, 6.45) is 5.03. The van der Waals surface area contributed by atoms with Gasteiger partial charge in [-0.05, 0) is 44.5 Å². The van der Waals surface area contributed by atoms with Crippen molar-refractivity contribution in [1.82, 2.24) is 4.57 Å². The van der Waals surface area contributed by atoms with Crippen molar-refractivity contribution in [3.8, 4) is 12.3 Å². The number of aliphatic hydroxyl groups excluding tert-OH is 1. The van der Waals surface area contributed by atoms with Gasteiger partial charge in [-0.25, -0.2) is 9.24 Å². The monoisotopic (exact) mass is 423 g/mol. The summed E-state index contributed by atoms with van der Waals surface area (Å²) in [4.78, 5) is 41.3. The number of anilines is 1. The van der Waals surface area contributed by atoms with Crippen LogP contribution in [-0.2, 0) is 11.8 Å². The lowest BCUT2D eigenvalue weighted by Gasteiger charge is -2.18. The number of hydrogen-bond acceptors (Lipinski definition) is 4. The number of benzene rings is 1. The van der Waals surface area contributed by atoms with Gasteiger partial charge in [-0.2, -0.15) is 0 Å². The van der Waals surface area contributed by atoms with Gasteiger partial charge >= 0.3 is 0 Å². The second-order valence-corrected chi connectivity index (χ2v) is 7.52. The maximum atomic E-state index is 13.5. The Morgan fingerprint density at radius 3 is 2.55 bits per heavy atom. The van der Waals surface area contributed by atoms with E-state index in [-0.39, 0.29) is 29.1 Å². The van der Waals surface area contributed by atoms with Gasteiger partial charge in [0.25, 0.3) is 5.91 Å². The molecule has 1 aromatic carbocycles. The first kappa shape index (κ1) is 23.5. The minimum Gasteiger partial charge on any atom is -0.395 e. The largest absolute Gasteiger partial charge is 0.395 e. The molecule has 1 amide bonds. The van der Waals surface area contributed by atoms with E-state index in [9.17, 15) is 23.9 Å². The second kappa shape index (κ2) is 8.95. The molecular formula is C23H22FN3O4. The van der Waals surface area contributed by atoms with E-state index in [0.29, 0.717) is 11.3 Å². The number of nitrogens with zero attached hydrogens (tertiary/aromatic N) is 2. The second-order valence-electron chi connectivity index (χ2n) is 7.52. The molecule has 0 spiro atoms. The highest BCUT2D eigenvalue weighted by molar-refractivity contribution is 6.44. The Balaban J connectivity index is 2.39. The molecule has 2 aromatic rings. The molecule has 160 valence electrons. The van der Waals surface area contributed by atoms with E-state index >= 15 is 0 Å². The fourth-order valence-corrected chi connectivity index (χ4v) is 3.23. The van der Waals surface area contributed by atoms with Crippen LogP contribution in [-0.4, -0.2) is 33.8 Å². The van der Waals surface area contributed by atoms with Gasteiger partial charge in [-0.3, -0.25) is 14.4 Å². The van der Waals surface area contributed by atoms with Crippen molar-refractivity contribution in [2.75, 3.05) is 11.9 Å². The molecule has 31 heavy (non-hydrogen) atoms. The Hall–Kier alpha value is -3.75. The van der Waals surface area contributed by atoms with Gasteiger partial charge in [0.15, 0.2) is 0 Å². The number of halogens is 1. The van der Waals surface area contributed by atoms with Crippen LogP contribution in [0.1, 0.15) is 45.4 Å². The maximum Gasteiger partial charge on any atom is 0.272 e. The first-order valence-electron chi connectivity index (χ1n) is 9.30. The van der Waals surface area contributed by atoms with E-state index in [4.69, 9.17) is 13.0 Å². The maximum absolute atomic E-state index is 13.5. The third-order valence-corrected chi connectivity index (χ3v) is 5.20. The number of aromatic nitrogens is 1. The molecule has 1 aromatic heterocycles. The van der Waals surface area contributed by atoms with Crippen LogP contribution in [0.15, 0.2) is 18.2 Å². The standard InChI is InChI=1S/C23H22FN3O4/c1-7-23(4,12-28)11-18(29)21(30)19-13(2)20(27(6)14(19)3)22(31)26-15-8-9-16(24)17(10-15)25-5/h1,8-10,28H,11-12H2,2-4,6H3,(H,26,31)/t23-/m0/s1. The lowest BCUT2D eigenvalue weighted by molar-refractivity contribution is -0.116. The van der Waals surface area contributed by atoms with E-state index in [1.807, 2.05) is 0 Å². The van der Waals surface area contributed by atoms with Gasteiger partial charge in [-0.1, -0.05) is 5.92 Å². The van der Waals surface area contributed by atoms with Gasteiger partial charge in [0.05, 0.1) is 24.2 Å². The third kappa shape index (κ3) is 4.55. The predicted octanol–water partition coefficient (Wildman–Crippen LogP) is 3.36. The molecule has 1 atom stereocenters. The summed E-state index contributed by atoms with van der Waals surface area (Å²) < 4.78 is 15.0. The molecule has 0 aliphatic rings. The summed E-state index contributed by atoms with van der Waals surface area (Å²) in [6.45, 7) is 11.2. The van der Waals surface area contributed by atoms with Crippen LogP contribution < -0.4 is 5.32 Å². The lowest BCUT2D eigenvalue weighted by atomic mass is 9.84. The highest BCUT2D eigenvalue weighted by Crippen LogP contribution is 2.27. The molecule has 7 nitrogen and oxygen atoms in total. The van der Waals surface area contributed by atoms with E-state index in [0.717, 1.165) is 6.07 Å². The summed E-state index contributed by atoms with van der Waals surface area (Å²) >= 11 is 0. The number of carbonyl (C=O) groups is 3. The molecule has 0 fully saturated rings. The van der Waals surface area contributed by atoms with Crippen LogP contribution in [0, 0.1) is 44.0 Å². The predicted molar refractivity (Wildman–Crippen MR) is 113 cm³/mol. The number of nitrogens with one attached hydrogen (secondary N) is 1. The minimum atomic E-state index is -1.16. The highest BCUT2D eigenvalue weighted by atomic mass is 19.1. The highest BCUT2D eigenvalue weighted by Gasteiger charge is 2.32.